The molecule has 0 unspecified atom stereocenters. The molecule has 0 aliphatic carbocycles. The molecule has 0 amide bonds. The second kappa shape index (κ2) is 5.44. The molecule has 0 saturated carbocycles. The minimum absolute atomic E-state index is 0.486. The van der Waals surface area contributed by atoms with Gasteiger partial charge in [0, 0.05) is 24.5 Å². The molecule has 7 nitrogen and oxygen atoms in total. The summed E-state index contributed by atoms with van der Waals surface area (Å²) in [7, 11) is 1.93. The number of aromatic nitrogens is 6. The molecule has 0 radical (unpaired) electrons. The van der Waals surface area contributed by atoms with Gasteiger partial charge in [0.1, 0.15) is 6.54 Å². The fourth-order valence-corrected chi connectivity index (χ4v) is 2.55. The number of hydrogen-bond acceptors (Lipinski definition) is 5. The highest BCUT2D eigenvalue weighted by molar-refractivity contribution is 9.10. The van der Waals surface area contributed by atoms with E-state index in [2.05, 4.69) is 36.3 Å². The first-order valence-corrected chi connectivity index (χ1v) is 7.30. The summed E-state index contributed by atoms with van der Waals surface area (Å²) in [5, 5.41) is 12.6. The van der Waals surface area contributed by atoms with Crippen molar-refractivity contribution in [1.82, 2.24) is 29.7 Å². The molecule has 0 N–H and O–H groups in total. The predicted octanol–water partition coefficient (Wildman–Crippen LogP) is 2.02. The summed E-state index contributed by atoms with van der Waals surface area (Å²) in [5.74, 6) is 1.20. The number of halogens is 1. The van der Waals surface area contributed by atoms with Crippen molar-refractivity contribution in [1.29, 1.82) is 0 Å². The highest BCUT2D eigenvalue weighted by atomic mass is 79.9. The molecule has 0 spiro atoms. The molecular formula is C13H15BrN6O. The second-order valence-corrected chi connectivity index (χ2v) is 5.83. The van der Waals surface area contributed by atoms with Crippen molar-refractivity contribution in [2.75, 3.05) is 0 Å². The fraction of sp³-hybridized carbons (Fsp3) is 0.385. The Bertz CT molecular complexity index is 772. The zero-order chi connectivity index (χ0) is 15.0. The lowest BCUT2D eigenvalue weighted by Gasteiger charge is -1.97. The third-order valence-electron chi connectivity index (χ3n) is 3.40. The van der Waals surface area contributed by atoms with Crippen molar-refractivity contribution in [2.24, 2.45) is 7.05 Å². The van der Waals surface area contributed by atoms with Crippen molar-refractivity contribution in [3.05, 3.63) is 45.5 Å². The average molecular weight is 351 g/mol. The molecule has 0 aromatic carbocycles. The normalized spacial score (nSPS) is 11.2. The van der Waals surface area contributed by atoms with Crippen LogP contribution in [0.25, 0.3) is 0 Å². The Morgan fingerprint density at radius 3 is 2.76 bits per heavy atom. The topological polar surface area (TPSA) is 74.6 Å². The van der Waals surface area contributed by atoms with Gasteiger partial charge in [-0.25, -0.2) is 0 Å². The van der Waals surface area contributed by atoms with Crippen LogP contribution in [0.1, 0.15) is 28.7 Å². The van der Waals surface area contributed by atoms with Crippen LogP contribution >= 0.6 is 15.9 Å². The molecule has 3 aromatic heterocycles. The van der Waals surface area contributed by atoms with Crippen LogP contribution in [-0.2, 0) is 20.0 Å². The zero-order valence-electron chi connectivity index (χ0n) is 12.0. The molecule has 0 bridgehead atoms. The summed E-state index contributed by atoms with van der Waals surface area (Å²) >= 11 is 3.36. The van der Waals surface area contributed by atoms with E-state index in [1.54, 1.807) is 10.9 Å². The van der Waals surface area contributed by atoms with Crippen LogP contribution in [0.15, 0.2) is 21.4 Å². The molecule has 0 aliphatic heterocycles. The molecule has 3 aromatic rings. The highest BCUT2D eigenvalue weighted by Crippen LogP contribution is 2.16. The Morgan fingerprint density at radius 2 is 2.14 bits per heavy atom. The molecule has 3 rings (SSSR count). The Kier molecular flexibility index (Phi) is 3.62. The molecule has 0 aliphatic rings. The van der Waals surface area contributed by atoms with Crippen LogP contribution in [0.4, 0.5) is 0 Å². The van der Waals surface area contributed by atoms with Gasteiger partial charge < -0.3 is 4.52 Å². The van der Waals surface area contributed by atoms with Crippen molar-refractivity contribution in [3.63, 3.8) is 0 Å². The van der Waals surface area contributed by atoms with Gasteiger partial charge in [-0.15, -0.1) is 0 Å². The molecule has 0 fully saturated rings. The average Bonchev–Trinajstić information content (AvgIpc) is 3.09. The number of rotatable bonds is 4. The van der Waals surface area contributed by atoms with E-state index in [4.69, 9.17) is 4.52 Å². The van der Waals surface area contributed by atoms with Gasteiger partial charge >= 0.3 is 0 Å². The second-order valence-electron chi connectivity index (χ2n) is 4.91. The summed E-state index contributed by atoms with van der Waals surface area (Å²) in [4.78, 5) is 4.41. The van der Waals surface area contributed by atoms with E-state index in [9.17, 15) is 0 Å². The lowest BCUT2D eigenvalue weighted by Crippen LogP contribution is -2.02. The quantitative estimate of drug-likeness (QED) is 0.719. The summed E-state index contributed by atoms with van der Waals surface area (Å²) in [6.45, 7) is 4.51. The first-order valence-electron chi connectivity index (χ1n) is 6.51. The van der Waals surface area contributed by atoms with Gasteiger partial charge in [-0.2, -0.15) is 15.2 Å². The van der Waals surface area contributed by atoms with Gasteiger partial charge in [0.15, 0.2) is 5.82 Å². The van der Waals surface area contributed by atoms with Crippen LogP contribution < -0.4 is 0 Å². The largest absolute Gasteiger partial charge is 0.339 e. The summed E-state index contributed by atoms with van der Waals surface area (Å²) in [6.07, 6.45) is 4.19. The van der Waals surface area contributed by atoms with Crippen LogP contribution in [0, 0.1) is 13.8 Å². The molecule has 0 saturated heterocycles. The zero-order valence-corrected chi connectivity index (χ0v) is 13.6. The standard InChI is InChI=1S/C13H15BrN6O/c1-8-11(9(2)19(3)17-8)4-13-16-12(18-21-13)7-20-6-10(14)5-15-20/h5-6H,4,7H2,1-3H3. The summed E-state index contributed by atoms with van der Waals surface area (Å²) in [5.41, 5.74) is 3.24. The Hall–Kier alpha value is -1.96. The Balaban J connectivity index is 1.76. The number of nitrogens with zero attached hydrogens (tertiary/aromatic N) is 6. The van der Waals surface area contributed by atoms with Gasteiger partial charge in [-0.3, -0.25) is 9.36 Å². The SMILES string of the molecule is Cc1nn(C)c(C)c1Cc1nc(Cn2cc(Br)cn2)no1. The summed E-state index contributed by atoms with van der Waals surface area (Å²) in [6, 6.07) is 0. The van der Waals surface area contributed by atoms with Crippen molar-refractivity contribution < 1.29 is 4.52 Å². The van der Waals surface area contributed by atoms with Crippen LogP contribution in [0.5, 0.6) is 0 Å². The smallest absolute Gasteiger partial charge is 0.231 e. The molecule has 8 heteroatoms. The molecule has 110 valence electrons. The maximum atomic E-state index is 5.32. The summed E-state index contributed by atoms with van der Waals surface area (Å²) < 4.78 is 9.85. The maximum absolute atomic E-state index is 5.32. The van der Waals surface area contributed by atoms with Crippen molar-refractivity contribution in [3.8, 4) is 0 Å². The molecule has 21 heavy (non-hydrogen) atoms. The van der Waals surface area contributed by atoms with Gasteiger partial charge in [0.05, 0.1) is 22.8 Å². The minimum Gasteiger partial charge on any atom is -0.339 e. The van der Waals surface area contributed by atoms with Gasteiger partial charge in [-0.1, -0.05) is 5.16 Å². The monoisotopic (exact) mass is 350 g/mol. The van der Waals surface area contributed by atoms with Gasteiger partial charge in [-0.05, 0) is 29.8 Å². The predicted molar refractivity (Wildman–Crippen MR) is 78.8 cm³/mol. The van der Waals surface area contributed by atoms with E-state index < -0.39 is 0 Å². The number of hydrogen-bond donors (Lipinski definition) is 0. The van der Waals surface area contributed by atoms with Gasteiger partial charge in [0.2, 0.25) is 5.89 Å². The fourth-order valence-electron chi connectivity index (χ4n) is 2.22. The highest BCUT2D eigenvalue weighted by Gasteiger charge is 2.14. The molecular weight excluding hydrogens is 336 g/mol. The minimum atomic E-state index is 0.486. The lowest BCUT2D eigenvalue weighted by atomic mass is 10.1. The molecule has 0 atom stereocenters. The van der Waals surface area contributed by atoms with Crippen molar-refractivity contribution in [2.45, 2.75) is 26.8 Å². The third kappa shape index (κ3) is 2.90. The molecule has 3 heterocycles. The Labute approximate surface area is 130 Å². The van der Waals surface area contributed by atoms with E-state index in [1.807, 2.05) is 31.8 Å². The maximum Gasteiger partial charge on any atom is 0.231 e. The van der Waals surface area contributed by atoms with Crippen molar-refractivity contribution >= 4 is 15.9 Å². The van der Waals surface area contributed by atoms with Crippen LogP contribution in [0.3, 0.4) is 0 Å². The lowest BCUT2D eigenvalue weighted by molar-refractivity contribution is 0.377. The van der Waals surface area contributed by atoms with Crippen LogP contribution in [0.2, 0.25) is 0 Å². The third-order valence-corrected chi connectivity index (χ3v) is 3.81. The van der Waals surface area contributed by atoms with E-state index in [-0.39, 0.29) is 0 Å². The van der Waals surface area contributed by atoms with E-state index in [1.165, 1.54) is 0 Å². The van der Waals surface area contributed by atoms with E-state index in [0.29, 0.717) is 24.7 Å². The Morgan fingerprint density at radius 1 is 1.33 bits per heavy atom. The van der Waals surface area contributed by atoms with E-state index >= 15 is 0 Å². The van der Waals surface area contributed by atoms with Crippen LogP contribution in [-0.4, -0.2) is 29.7 Å². The van der Waals surface area contributed by atoms with Gasteiger partial charge in [0.25, 0.3) is 0 Å². The number of aryl methyl sites for hydroxylation is 2. The first kappa shape index (κ1) is 14.0. The van der Waals surface area contributed by atoms with E-state index in [0.717, 1.165) is 21.4 Å². The first-order chi connectivity index (χ1) is 10.0.